The molecule has 0 aliphatic carbocycles. The Morgan fingerprint density at radius 1 is 1.15 bits per heavy atom. The molecule has 0 bridgehead atoms. The molecule has 4 heteroatoms. The molecule has 0 amide bonds. The van der Waals surface area contributed by atoms with Gasteiger partial charge in [-0.3, -0.25) is 0 Å². The molecule has 2 aromatic carbocycles. The minimum absolute atomic E-state index is 0.501. The largest absolute Gasteiger partial charge is 0.388 e. The fourth-order valence-electron chi connectivity index (χ4n) is 2.25. The Labute approximate surface area is 135 Å². The zero-order chi connectivity index (χ0) is 14.1. The number of aliphatic hydroxyl groups excluding tert-OH is 1. The molecule has 1 unspecified atom stereocenters. The van der Waals surface area contributed by atoms with Gasteiger partial charge in [0.25, 0.3) is 0 Å². The quantitative estimate of drug-likeness (QED) is 0.639. The first-order valence-electron chi connectivity index (χ1n) is 6.23. The second kappa shape index (κ2) is 5.86. The van der Waals surface area contributed by atoms with Gasteiger partial charge in [-0.25, -0.2) is 0 Å². The first-order valence-corrected chi connectivity index (χ1v) is 8.28. The third kappa shape index (κ3) is 2.77. The summed E-state index contributed by atoms with van der Waals surface area (Å²) < 4.78 is 2.25. The van der Waals surface area contributed by atoms with Crippen LogP contribution in [0.3, 0.4) is 0 Å². The van der Waals surface area contributed by atoms with E-state index in [-0.39, 0.29) is 0 Å². The van der Waals surface area contributed by atoms with Crippen molar-refractivity contribution in [3.8, 4) is 0 Å². The average Bonchev–Trinajstić information content (AvgIpc) is 2.87. The first-order chi connectivity index (χ1) is 9.65. The van der Waals surface area contributed by atoms with Crippen molar-refractivity contribution >= 4 is 49.0 Å². The average molecular weight is 368 g/mol. The molecule has 3 aromatic rings. The van der Waals surface area contributed by atoms with E-state index in [0.717, 1.165) is 21.0 Å². The molecule has 0 saturated heterocycles. The fourth-order valence-corrected chi connectivity index (χ4v) is 4.05. The molecule has 0 spiro atoms. The number of benzene rings is 2. The summed E-state index contributed by atoms with van der Waals surface area (Å²) in [6.45, 7) is 0. The van der Waals surface area contributed by atoms with Crippen molar-refractivity contribution in [1.82, 2.24) is 0 Å². The van der Waals surface area contributed by atoms with Gasteiger partial charge < -0.3 is 5.11 Å². The van der Waals surface area contributed by atoms with Crippen LogP contribution in [0.1, 0.15) is 17.2 Å². The monoisotopic (exact) mass is 366 g/mol. The predicted octanol–water partition coefficient (Wildman–Crippen LogP) is 5.59. The summed E-state index contributed by atoms with van der Waals surface area (Å²) in [4.78, 5) is 0. The van der Waals surface area contributed by atoms with Crippen LogP contribution in [-0.2, 0) is 6.42 Å². The Balaban J connectivity index is 1.91. The van der Waals surface area contributed by atoms with Gasteiger partial charge in [0, 0.05) is 20.6 Å². The van der Waals surface area contributed by atoms with Crippen LogP contribution in [-0.4, -0.2) is 5.11 Å². The van der Waals surface area contributed by atoms with Gasteiger partial charge in [-0.1, -0.05) is 35.9 Å². The summed E-state index contributed by atoms with van der Waals surface area (Å²) in [5.41, 5.74) is 2.07. The van der Waals surface area contributed by atoms with E-state index in [1.54, 1.807) is 11.3 Å². The van der Waals surface area contributed by atoms with Crippen LogP contribution in [0.4, 0.5) is 0 Å². The Hall–Kier alpha value is -0.870. The van der Waals surface area contributed by atoms with Crippen LogP contribution < -0.4 is 0 Å². The van der Waals surface area contributed by atoms with Crippen LogP contribution in [0, 0.1) is 0 Å². The third-order valence-corrected chi connectivity index (χ3v) is 5.51. The highest BCUT2D eigenvalue weighted by molar-refractivity contribution is 9.10. The van der Waals surface area contributed by atoms with Gasteiger partial charge in [-0.05, 0) is 56.0 Å². The smallest absolute Gasteiger partial charge is 0.0844 e. The number of rotatable bonds is 3. The van der Waals surface area contributed by atoms with E-state index in [4.69, 9.17) is 11.6 Å². The highest BCUT2D eigenvalue weighted by atomic mass is 79.9. The minimum atomic E-state index is -0.501. The molecule has 0 saturated carbocycles. The molecule has 1 heterocycles. The Kier molecular flexibility index (Phi) is 4.13. The highest BCUT2D eigenvalue weighted by Crippen LogP contribution is 2.36. The minimum Gasteiger partial charge on any atom is -0.388 e. The molecule has 0 aliphatic rings. The second-order valence-electron chi connectivity index (χ2n) is 4.65. The zero-order valence-corrected chi connectivity index (χ0v) is 13.7. The molecule has 1 N–H and O–H groups in total. The number of aliphatic hydroxyl groups is 1. The summed E-state index contributed by atoms with van der Waals surface area (Å²) in [6.07, 6.45) is 0.0921. The second-order valence-corrected chi connectivity index (χ2v) is 6.82. The van der Waals surface area contributed by atoms with Crippen molar-refractivity contribution in [3.63, 3.8) is 0 Å². The number of hydrogen-bond acceptors (Lipinski definition) is 2. The lowest BCUT2D eigenvalue weighted by Gasteiger charge is -2.10. The summed E-state index contributed by atoms with van der Waals surface area (Å²) in [7, 11) is 0. The molecule has 102 valence electrons. The van der Waals surface area contributed by atoms with Gasteiger partial charge in [0.15, 0.2) is 0 Å². The number of halogens is 2. The van der Waals surface area contributed by atoms with E-state index in [1.165, 1.54) is 4.70 Å². The van der Waals surface area contributed by atoms with Crippen LogP contribution in [0.5, 0.6) is 0 Å². The topological polar surface area (TPSA) is 20.2 Å². The molecule has 20 heavy (non-hydrogen) atoms. The predicted molar refractivity (Wildman–Crippen MR) is 89.6 cm³/mol. The number of fused-ring (bicyclic) bond motifs is 1. The lowest BCUT2D eigenvalue weighted by atomic mass is 10.0. The van der Waals surface area contributed by atoms with E-state index in [9.17, 15) is 5.11 Å². The van der Waals surface area contributed by atoms with Crippen molar-refractivity contribution in [1.29, 1.82) is 0 Å². The Morgan fingerprint density at radius 3 is 2.65 bits per heavy atom. The van der Waals surface area contributed by atoms with Crippen molar-refractivity contribution in [2.75, 3.05) is 0 Å². The molecular weight excluding hydrogens is 356 g/mol. The standard InChI is InChI=1S/C16H12BrClOS/c17-14-3-1-2-12-13(9-20-16(12)14)15(19)8-10-4-6-11(18)7-5-10/h1-7,9,15,19H,8H2. The van der Waals surface area contributed by atoms with Crippen LogP contribution in [0.2, 0.25) is 5.02 Å². The maximum absolute atomic E-state index is 10.5. The van der Waals surface area contributed by atoms with E-state index in [0.29, 0.717) is 11.4 Å². The lowest BCUT2D eigenvalue weighted by molar-refractivity contribution is 0.180. The molecule has 0 aliphatic heterocycles. The van der Waals surface area contributed by atoms with Gasteiger partial charge in [0.2, 0.25) is 0 Å². The Morgan fingerprint density at radius 2 is 1.90 bits per heavy atom. The summed E-state index contributed by atoms with van der Waals surface area (Å²) >= 11 is 11.1. The van der Waals surface area contributed by atoms with Crippen molar-refractivity contribution < 1.29 is 5.11 Å². The Bertz CT molecular complexity index is 736. The zero-order valence-electron chi connectivity index (χ0n) is 10.5. The summed E-state index contributed by atoms with van der Waals surface area (Å²) in [5.74, 6) is 0. The fraction of sp³-hybridized carbons (Fsp3) is 0.125. The van der Waals surface area contributed by atoms with Crippen LogP contribution >= 0.6 is 38.9 Å². The van der Waals surface area contributed by atoms with Crippen molar-refractivity contribution in [2.24, 2.45) is 0 Å². The number of hydrogen-bond donors (Lipinski definition) is 1. The van der Waals surface area contributed by atoms with Gasteiger partial charge >= 0.3 is 0 Å². The van der Waals surface area contributed by atoms with Gasteiger partial charge in [-0.2, -0.15) is 0 Å². The van der Waals surface area contributed by atoms with Crippen LogP contribution in [0.15, 0.2) is 52.3 Å². The third-order valence-electron chi connectivity index (χ3n) is 3.28. The van der Waals surface area contributed by atoms with E-state index < -0.39 is 6.10 Å². The van der Waals surface area contributed by atoms with Gasteiger partial charge in [-0.15, -0.1) is 11.3 Å². The molecule has 1 aromatic heterocycles. The molecule has 3 rings (SSSR count). The molecule has 1 nitrogen and oxygen atoms in total. The van der Waals surface area contributed by atoms with E-state index in [2.05, 4.69) is 22.0 Å². The molecular formula is C16H12BrClOS. The summed E-state index contributed by atoms with van der Waals surface area (Å²) in [5, 5.41) is 14.3. The first kappa shape index (κ1) is 14.1. The van der Waals surface area contributed by atoms with Gasteiger partial charge in [0.05, 0.1) is 6.10 Å². The van der Waals surface area contributed by atoms with Crippen molar-refractivity contribution in [3.05, 3.63) is 68.5 Å². The maximum atomic E-state index is 10.5. The molecule has 0 fully saturated rings. The summed E-state index contributed by atoms with van der Waals surface area (Å²) in [6, 6.07) is 13.7. The lowest BCUT2D eigenvalue weighted by Crippen LogP contribution is -2.00. The molecule has 1 atom stereocenters. The van der Waals surface area contributed by atoms with Gasteiger partial charge in [0.1, 0.15) is 0 Å². The number of thiophene rings is 1. The van der Waals surface area contributed by atoms with Crippen LogP contribution in [0.25, 0.3) is 10.1 Å². The van der Waals surface area contributed by atoms with E-state index in [1.807, 2.05) is 41.8 Å². The SMILES string of the molecule is OC(Cc1ccc(Cl)cc1)c1csc2c(Br)cccc12. The highest BCUT2D eigenvalue weighted by Gasteiger charge is 2.14. The normalized spacial score (nSPS) is 12.8. The van der Waals surface area contributed by atoms with E-state index >= 15 is 0 Å². The van der Waals surface area contributed by atoms with Crippen molar-refractivity contribution in [2.45, 2.75) is 12.5 Å². The molecule has 0 radical (unpaired) electrons. The maximum Gasteiger partial charge on any atom is 0.0844 e.